The average molecular weight is 356 g/mol. The van der Waals surface area contributed by atoms with E-state index in [1.165, 1.54) is 4.68 Å². The molecule has 128 valence electrons. The van der Waals surface area contributed by atoms with Crippen molar-refractivity contribution in [2.24, 2.45) is 0 Å². The Balaban J connectivity index is 1.79. The number of hydrogen-bond donors (Lipinski definition) is 2. The van der Waals surface area contributed by atoms with Crippen molar-refractivity contribution in [3.8, 4) is 0 Å². The number of nitrogens with one attached hydrogen (secondary N) is 1. The number of aryl methyl sites for hydroxylation is 1. The number of carbonyl (C=O) groups excluding carboxylic acids is 1. The number of carbonyl (C=O) groups is 1. The minimum atomic E-state index is -0.379. The molecule has 3 rings (SSSR count). The van der Waals surface area contributed by atoms with E-state index >= 15 is 0 Å². The lowest BCUT2D eigenvalue weighted by atomic mass is 10.1. The molecule has 0 unspecified atom stereocenters. The van der Waals surface area contributed by atoms with Crippen molar-refractivity contribution in [1.29, 1.82) is 0 Å². The van der Waals surface area contributed by atoms with Gasteiger partial charge in [0.2, 0.25) is 0 Å². The largest absolute Gasteiger partial charge is 0.382 e. The highest BCUT2D eigenvalue weighted by molar-refractivity contribution is 6.30. The maximum atomic E-state index is 12.5. The molecule has 0 fully saturated rings. The summed E-state index contributed by atoms with van der Waals surface area (Å²) in [7, 11) is 0. The fourth-order valence-electron chi connectivity index (χ4n) is 2.54. The summed E-state index contributed by atoms with van der Waals surface area (Å²) in [5.74, 6) is -0.165. The monoisotopic (exact) mass is 355 g/mol. The van der Waals surface area contributed by atoms with Gasteiger partial charge in [0, 0.05) is 10.7 Å². The van der Waals surface area contributed by atoms with Crippen molar-refractivity contribution in [1.82, 2.24) is 15.0 Å². The third-order valence-corrected chi connectivity index (χ3v) is 4.09. The number of amides is 1. The van der Waals surface area contributed by atoms with Gasteiger partial charge < -0.3 is 11.1 Å². The first-order valence-electron chi connectivity index (χ1n) is 7.91. The Bertz CT molecular complexity index is 906. The van der Waals surface area contributed by atoms with Gasteiger partial charge in [-0.05, 0) is 35.7 Å². The lowest BCUT2D eigenvalue weighted by molar-refractivity contribution is 0.102. The maximum absolute atomic E-state index is 12.5. The summed E-state index contributed by atoms with van der Waals surface area (Å²) in [6, 6.07) is 15.0. The third kappa shape index (κ3) is 3.80. The van der Waals surface area contributed by atoms with Crippen LogP contribution in [-0.4, -0.2) is 20.9 Å². The minimum Gasteiger partial charge on any atom is -0.382 e. The van der Waals surface area contributed by atoms with Gasteiger partial charge in [0.25, 0.3) is 5.91 Å². The highest BCUT2D eigenvalue weighted by Gasteiger charge is 2.18. The molecule has 7 heteroatoms. The lowest BCUT2D eigenvalue weighted by Crippen LogP contribution is -2.16. The summed E-state index contributed by atoms with van der Waals surface area (Å²) in [4.78, 5) is 12.5. The van der Waals surface area contributed by atoms with Crippen LogP contribution >= 0.6 is 11.6 Å². The molecule has 25 heavy (non-hydrogen) atoms. The van der Waals surface area contributed by atoms with Crippen molar-refractivity contribution >= 4 is 29.0 Å². The van der Waals surface area contributed by atoms with E-state index < -0.39 is 0 Å². The van der Waals surface area contributed by atoms with Gasteiger partial charge in [-0.1, -0.05) is 54.1 Å². The van der Waals surface area contributed by atoms with Crippen molar-refractivity contribution in [3.05, 3.63) is 70.4 Å². The molecule has 3 N–H and O–H groups in total. The minimum absolute atomic E-state index is 0.105. The Hall–Kier alpha value is -2.86. The standard InChI is InChI=1S/C18H18ClN5O/c1-2-13-7-3-4-9-15(13)21-18(25)16-17(20)24(23-22-16)11-12-6-5-8-14(19)10-12/h3-10H,2,11,20H2,1H3,(H,21,25). The zero-order chi connectivity index (χ0) is 17.8. The maximum Gasteiger partial charge on any atom is 0.280 e. The third-order valence-electron chi connectivity index (χ3n) is 3.86. The van der Waals surface area contributed by atoms with Crippen LogP contribution in [0.3, 0.4) is 0 Å². The molecular formula is C18H18ClN5O. The molecule has 2 aromatic carbocycles. The predicted octanol–water partition coefficient (Wildman–Crippen LogP) is 3.38. The number of aromatic nitrogens is 3. The summed E-state index contributed by atoms with van der Waals surface area (Å²) in [5, 5.41) is 11.4. The second-order valence-corrected chi connectivity index (χ2v) is 6.01. The first kappa shape index (κ1) is 17.0. The molecular weight excluding hydrogens is 338 g/mol. The zero-order valence-electron chi connectivity index (χ0n) is 13.7. The van der Waals surface area contributed by atoms with Gasteiger partial charge in [-0.3, -0.25) is 4.79 Å². The van der Waals surface area contributed by atoms with Crippen LogP contribution in [0.25, 0.3) is 0 Å². The summed E-state index contributed by atoms with van der Waals surface area (Å²) in [6.45, 7) is 2.42. The number of para-hydroxylation sites is 1. The summed E-state index contributed by atoms with van der Waals surface area (Å²) < 4.78 is 1.48. The number of halogens is 1. The summed E-state index contributed by atoms with van der Waals surface area (Å²) in [6.07, 6.45) is 0.813. The van der Waals surface area contributed by atoms with Crippen molar-refractivity contribution in [2.45, 2.75) is 19.9 Å². The molecule has 1 amide bonds. The Morgan fingerprint density at radius 1 is 1.24 bits per heavy atom. The summed E-state index contributed by atoms with van der Waals surface area (Å²) in [5.41, 5.74) is 8.88. The average Bonchev–Trinajstić information content (AvgIpc) is 2.96. The smallest absolute Gasteiger partial charge is 0.280 e. The van der Waals surface area contributed by atoms with E-state index in [-0.39, 0.29) is 17.4 Å². The number of anilines is 2. The van der Waals surface area contributed by atoms with Crippen LogP contribution in [0, 0.1) is 0 Å². The predicted molar refractivity (Wildman–Crippen MR) is 98.8 cm³/mol. The van der Waals surface area contributed by atoms with Crippen LogP contribution in [0.2, 0.25) is 5.02 Å². The number of nitrogens with two attached hydrogens (primary N) is 1. The number of hydrogen-bond acceptors (Lipinski definition) is 4. The second kappa shape index (κ2) is 7.36. The van der Waals surface area contributed by atoms with E-state index in [2.05, 4.69) is 15.6 Å². The van der Waals surface area contributed by atoms with Gasteiger partial charge >= 0.3 is 0 Å². The van der Waals surface area contributed by atoms with E-state index in [0.29, 0.717) is 11.6 Å². The molecule has 0 aliphatic heterocycles. The van der Waals surface area contributed by atoms with E-state index in [0.717, 1.165) is 23.2 Å². The highest BCUT2D eigenvalue weighted by atomic mass is 35.5. The Morgan fingerprint density at radius 2 is 2.04 bits per heavy atom. The fourth-order valence-corrected chi connectivity index (χ4v) is 2.75. The van der Waals surface area contributed by atoms with Gasteiger partial charge in [-0.25, -0.2) is 4.68 Å². The van der Waals surface area contributed by atoms with Crippen molar-refractivity contribution in [3.63, 3.8) is 0 Å². The Kier molecular flexibility index (Phi) is 5.00. The highest BCUT2D eigenvalue weighted by Crippen LogP contribution is 2.19. The molecule has 0 aliphatic carbocycles. The molecule has 1 heterocycles. The van der Waals surface area contributed by atoms with E-state index in [1.54, 1.807) is 6.07 Å². The van der Waals surface area contributed by atoms with Gasteiger partial charge in [0.05, 0.1) is 6.54 Å². The Labute approximate surface area is 150 Å². The number of rotatable bonds is 5. The molecule has 0 atom stereocenters. The normalized spacial score (nSPS) is 10.6. The number of nitrogen functional groups attached to an aromatic ring is 1. The molecule has 0 spiro atoms. The summed E-state index contributed by atoms with van der Waals surface area (Å²) >= 11 is 5.98. The van der Waals surface area contributed by atoms with Crippen LogP contribution in [0.1, 0.15) is 28.5 Å². The van der Waals surface area contributed by atoms with Crippen LogP contribution in [0.4, 0.5) is 11.5 Å². The van der Waals surface area contributed by atoms with E-state index in [9.17, 15) is 4.79 Å². The topological polar surface area (TPSA) is 85.8 Å². The zero-order valence-corrected chi connectivity index (χ0v) is 14.5. The molecule has 0 radical (unpaired) electrons. The van der Waals surface area contributed by atoms with Crippen LogP contribution in [-0.2, 0) is 13.0 Å². The molecule has 0 saturated carbocycles. The molecule has 0 saturated heterocycles. The lowest BCUT2D eigenvalue weighted by Gasteiger charge is -2.09. The quantitative estimate of drug-likeness (QED) is 0.734. The molecule has 0 aliphatic rings. The van der Waals surface area contributed by atoms with Crippen molar-refractivity contribution < 1.29 is 4.79 Å². The SMILES string of the molecule is CCc1ccccc1NC(=O)c1nnn(Cc2cccc(Cl)c2)c1N. The molecule has 0 bridgehead atoms. The Morgan fingerprint density at radius 3 is 2.80 bits per heavy atom. The molecule has 3 aromatic rings. The number of nitrogens with zero attached hydrogens (tertiary/aromatic N) is 3. The van der Waals surface area contributed by atoms with Gasteiger partial charge in [0.1, 0.15) is 0 Å². The van der Waals surface area contributed by atoms with Crippen LogP contribution < -0.4 is 11.1 Å². The van der Waals surface area contributed by atoms with Crippen LogP contribution in [0.15, 0.2) is 48.5 Å². The van der Waals surface area contributed by atoms with Gasteiger partial charge in [0.15, 0.2) is 11.5 Å². The molecule has 1 aromatic heterocycles. The van der Waals surface area contributed by atoms with E-state index in [1.807, 2.05) is 49.4 Å². The first-order valence-corrected chi connectivity index (χ1v) is 8.29. The van der Waals surface area contributed by atoms with Gasteiger partial charge in [-0.15, -0.1) is 5.10 Å². The molecule has 6 nitrogen and oxygen atoms in total. The number of benzene rings is 2. The fraction of sp³-hybridized carbons (Fsp3) is 0.167. The van der Waals surface area contributed by atoms with Crippen LogP contribution in [0.5, 0.6) is 0 Å². The van der Waals surface area contributed by atoms with Crippen molar-refractivity contribution in [2.75, 3.05) is 11.1 Å². The second-order valence-electron chi connectivity index (χ2n) is 5.58. The first-order chi connectivity index (χ1) is 12.1. The van der Waals surface area contributed by atoms with E-state index in [4.69, 9.17) is 17.3 Å². The van der Waals surface area contributed by atoms with Gasteiger partial charge in [-0.2, -0.15) is 0 Å².